The van der Waals surface area contributed by atoms with Gasteiger partial charge in [0.1, 0.15) is 0 Å². The minimum Gasteiger partial charge on any atom is -0.358 e. The van der Waals surface area contributed by atoms with E-state index in [2.05, 4.69) is 54.1 Å². The molecule has 1 N–H and O–H groups in total. The van der Waals surface area contributed by atoms with E-state index >= 15 is 0 Å². The predicted molar refractivity (Wildman–Crippen MR) is 78.9 cm³/mol. The highest BCUT2D eigenvalue weighted by molar-refractivity contribution is 5.83. The van der Waals surface area contributed by atoms with Gasteiger partial charge >= 0.3 is 0 Å². The van der Waals surface area contributed by atoms with Gasteiger partial charge in [-0.05, 0) is 37.1 Å². The molecule has 0 saturated carbocycles. The molecule has 0 radical (unpaired) electrons. The van der Waals surface area contributed by atoms with Gasteiger partial charge in [-0.3, -0.25) is 4.98 Å². The summed E-state index contributed by atoms with van der Waals surface area (Å²) < 4.78 is 0. The zero-order valence-electron chi connectivity index (χ0n) is 11.1. The smallest absolute Gasteiger partial charge is 0.0726 e. The molecule has 2 nitrogen and oxygen atoms in total. The van der Waals surface area contributed by atoms with E-state index in [4.69, 9.17) is 0 Å². The lowest BCUT2D eigenvalue weighted by molar-refractivity contribution is 1.23. The number of aromatic amines is 1. The molecule has 0 saturated heterocycles. The van der Waals surface area contributed by atoms with Crippen molar-refractivity contribution in [3.05, 3.63) is 66.0 Å². The molecule has 3 rings (SSSR count). The van der Waals surface area contributed by atoms with Crippen molar-refractivity contribution in [2.75, 3.05) is 0 Å². The first-order chi connectivity index (χ1) is 9.27. The number of aromatic nitrogens is 2. The normalized spacial score (nSPS) is 10.6. The maximum absolute atomic E-state index is 4.49. The third kappa shape index (κ3) is 2.06. The fourth-order valence-electron chi connectivity index (χ4n) is 2.37. The number of nitrogens with one attached hydrogen (secondary N) is 1. The lowest BCUT2D eigenvalue weighted by Crippen LogP contribution is -1.86. The van der Waals surface area contributed by atoms with E-state index in [-0.39, 0.29) is 0 Å². The molecule has 0 bridgehead atoms. The molecule has 3 aromatic rings. The van der Waals surface area contributed by atoms with E-state index in [1.807, 2.05) is 24.4 Å². The van der Waals surface area contributed by atoms with Gasteiger partial charge in [0, 0.05) is 17.5 Å². The number of aryl methyl sites for hydroxylation is 1. The fourth-order valence-corrected chi connectivity index (χ4v) is 2.37. The van der Waals surface area contributed by atoms with Gasteiger partial charge in [-0.1, -0.05) is 36.4 Å². The summed E-state index contributed by atoms with van der Waals surface area (Å²) in [5.41, 5.74) is 7.01. The van der Waals surface area contributed by atoms with Crippen LogP contribution in [0.25, 0.3) is 22.5 Å². The van der Waals surface area contributed by atoms with E-state index in [1.54, 1.807) is 0 Å². The standard InChI is InChI=1S/C17H16N2/c1-12-13(2)19-17(14-8-4-3-5-9-14)16(12)15-10-6-7-11-18-15/h3-11,19H,1-2H3. The number of nitrogens with zero attached hydrogens (tertiary/aromatic N) is 1. The Bertz CT molecular complexity index is 682. The van der Waals surface area contributed by atoms with Gasteiger partial charge in [-0.25, -0.2) is 0 Å². The van der Waals surface area contributed by atoms with E-state index in [1.165, 1.54) is 22.4 Å². The SMILES string of the molecule is Cc1[nH]c(-c2ccccc2)c(-c2ccccn2)c1C. The van der Waals surface area contributed by atoms with Crippen LogP contribution in [0.2, 0.25) is 0 Å². The third-order valence-electron chi connectivity index (χ3n) is 3.48. The molecule has 1 aromatic carbocycles. The minimum atomic E-state index is 1.02. The molecule has 2 heterocycles. The molecule has 0 aliphatic heterocycles. The number of hydrogen-bond donors (Lipinski definition) is 1. The Kier molecular flexibility index (Phi) is 2.92. The molecule has 0 spiro atoms. The summed E-state index contributed by atoms with van der Waals surface area (Å²) in [5, 5.41) is 0. The Morgan fingerprint density at radius 3 is 2.32 bits per heavy atom. The van der Waals surface area contributed by atoms with Crippen molar-refractivity contribution >= 4 is 0 Å². The van der Waals surface area contributed by atoms with Crippen molar-refractivity contribution in [2.24, 2.45) is 0 Å². The molecule has 0 aliphatic carbocycles. The van der Waals surface area contributed by atoms with E-state index in [0.29, 0.717) is 0 Å². The molecular formula is C17H16N2. The maximum atomic E-state index is 4.49. The highest BCUT2D eigenvalue weighted by atomic mass is 14.8. The number of hydrogen-bond acceptors (Lipinski definition) is 1. The number of benzene rings is 1. The first-order valence-electron chi connectivity index (χ1n) is 6.43. The average molecular weight is 248 g/mol. The molecule has 0 fully saturated rings. The molecule has 19 heavy (non-hydrogen) atoms. The molecule has 0 atom stereocenters. The van der Waals surface area contributed by atoms with E-state index in [0.717, 1.165) is 11.4 Å². The molecule has 94 valence electrons. The average Bonchev–Trinajstić information content (AvgIpc) is 2.77. The van der Waals surface area contributed by atoms with Crippen LogP contribution in [0, 0.1) is 13.8 Å². The van der Waals surface area contributed by atoms with E-state index < -0.39 is 0 Å². The Balaban J connectivity index is 2.25. The summed E-state index contributed by atoms with van der Waals surface area (Å²) in [7, 11) is 0. The largest absolute Gasteiger partial charge is 0.358 e. The van der Waals surface area contributed by atoms with Gasteiger partial charge < -0.3 is 4.98 Å². The van der Waals surface area contributed by atoms with Crippen LogP contribution in [0.5, 0.6) is 0 Å². The minimum absolute atomic E-state index is 1.02. The summed E-state index contributed by atoms with van der Waals surface area (Å²) in [4.78, 5) is 7.98. The monoisotopic (exact) mass is 248 g/mol. The van der Waals surface area contributed by atoms with Crippen molar-refractivity contribution < 1.29 is 0 Å². The van der Waals surface area contributed by atoms with Crippen LogP contribution in [-0.4, -0.2) is 9.97 Å². The molecule has 0 aliphatic rings. The topological polar surface area (TPSA) is 28.7 Å². The first kappa shape index (κ1) is 11.7. The summed E-state index contributed by atoms with van der Waals surface area (Å²) in [6, 6.07) is 16.4. The van der Waals surface area contributed by atoms with Gasteiger partial charge in [0.25, 0.3) is 0 Å². The fraction of sp³-hybridized carbons (Fsp3) is 0.118. The van der Waals surface area contributed by atoms with Crippen LogP contribution in [0.1, 0.15) is 11.3 Å². The quantitative estimate of drug-likeness (QED) is 0.717. The van der Waals surface area contributed by atoms with Crippen molar-refractivity contribution in [3.63, 3.8) is 0 Å². The van der Waals surface area contributed by atoms with Crippen molar-refractivity contribution in [1.29, 1.82) is 0 Å². The molecule has 2 aromatic heterocycles. The van der Waals surface area contributed by atoms with E-state index in [9.17, 15) is 0 Å². The highest BCUT2D eigenvalue weighted by Gasteiger charge is 2.15. The van der Waals surface area contributed by atoms with Crippen molar-refractivity contribution in [1.82, 2.24) is 9.97 Å². The zero-order chi connectivity index (χ0) is 13.2. The zero-order valence-corrected chi connectivity index (χ0v) is 11.1. The van der Waals surface area contributed by atoms with Crippen LogP contribution in [0.3, 0.4) is 0 Å². The highest BCUT2D eigenvalue weighted by Crippen LogP contribution is 2.34. The van der Waals surface area contributed by atoms with Crippen LogP contribution >= 0.6 is 0 Å². The van der Waals surface area contributed by atoms with Crippen LogP contribution < -0.4 is 0 Å². The van der Waals surface area contributed by atoms with Crippen LogP contribution in [0.4, 0.5) is 0 Å². The van der Waals surface area contributed by atoms with Gasteiger partial charge in [0.2, 0.25) is 0 Å². The number of pyridine rings is 1. The van der Waals surface area contributed by atoms with Crippen LogP contribution in [-0.2, 0) is 0 Å². The molecule has 0 amide bonds. The Hall–Kier alpha value is -2.35. The second-order valence-corrected chi connectivity index (χ2v) is 4.71. The second-order valence-electron chi connectivity index (χ2n) is 4.71. The number of rotatable bonds is 2. The number of H-pyrrole nitrogens is 1. The molecular weight excluding hydrogens is 232 g/mol. The third-order valence-corrected chi connectivity index (χ3v) is 3.48. The lowest BCUT2D eigenvalue weighted by Gasteiger charge is -2.05. The van der Waals surface area contributed by atoms with Crippen molar-refractivity contribution in [2.45, 2.75) is 13.8 Å². The lowest BCUT2D eigenvalue weighted by atomic mass is 10.0. The van der Waals surface area contributed by atoms with Gasteiger partial charge in [-0.2, -0.15) is 0 Å². The van der Waals surface area contributed by atoms with Crippen LogP contribution in [0.15, 0.2) is 54.7 Å². The summed E-state index contributed by atoms with van der Waals surface area (Å²) in [6.45, 7) is 4.25. The summed E-state index contributed by atoms with van der Waals surface area (Å²) >= 11 is 0. The van der Waals surface area contributed by atoms with Gasteiger partial charge in [0.05, 0.1) is 11.4 Å². The second kappa shape index (κ2) is 4.73. The van der Waals surface area contributed by atoms with Gasteiger partial charge in [0.15, 0.2) is 0 Å². The Morgan fingerprint density at radius 1 is 0.895 bits per heavy atom. The van der Waals surface area contributed by atoms with Gasteiger partial charge in [-0.15, -0.1) is 0 Å². The predicted octanol–water partition coefficient (Wildman–Crippen LogP) is 4.36. The Morgan fingerprint density at radius 2 is 1.63 bits per heavy atom. The molecule has 2 heteroatoms. The first-order valence-corrected chi connectivity index (χ1v) is 6.43. The Labute approximate surface area is 113 Å². The van der Waals surface area contributed by atoms with Crippen molar-refractivity contribution in [3.8, 4) is 22.5 Å². The maximum Gasteiger partial charge on any atom is 0.0726 e. The summed E-state index contributed by atoms with van der Waals surface area (Å²) in [6.07, 6.45) is 1.84. The molecule has 0 unspecified atom stereocenters. The summed E-state index contributed by atoms with van der Waals surface area (Å²) in [5.74, 6) is 0.